The van der Waals surface area contributed by atoms with Gasteiger partial charge in [-0.05, 0) is 24.7 Å². The number of rotatable bonds is 5. The highest BCUT2D eigenvalue weighted by Crippen LogP contribution is 2.10. The highest BCUT2D eigenvalue weighted by atomic mass is 32.1. The second kappa shape index (κ2) is 8.19. The molecule has 1 aliphatic heterocycles. The van der Waals surface area contributed by atoms with Crippen LogP contribution < -0.4 is 10.6 Å². The molecule has 110 valence electrons. The highest BCUT2D eigenvalue weighted by Gasteiger charge is 2.10. The van der Waals surface area contributed by atoms with Crippen LogP contribution in [0.5, 0.6) is 0 Å². The lowest BCUT2D eigenvalue weighted by atomic mass is 10.1. The van der Waals surface area contributed by atoms with Crippen molar-refractivity contribution in [1.82, 2.24) is 15.5 Å². The molecule has 1 aliphatic rings. The molecule has 0 unspecified atom stereocenters. The second-order valence-electron chi connectivity index (χ2n) is 4.99. The van der Waals surface area contributed by atoms with E-state index >= 15 is 0 Å². The van der Waals surface area contributed by atoms with Crippen LogP contribution in [0.15, 0.2) is 30.3 Å². The number of thiocarbonyl (C=S) groups is 1. The Bertz CT molecular complexity index is 407. The molecule has 1 atom stereocenters. The van der Waals surface area contributed by atoms with Crippen LogP contribution in [0.2, 0.25) is 0 Å². The Balaban J connectivity index is 1.65. The molecular formula is C15H23N3OS. The Morgan fingerprint density at radius 3 is 2.70 bits per heavy atom. The first kappa shape index (κ1) is 15.2. The first-order chi connectivity index (χ1) is 9.75. The molecule has 2 N–H and O–H groups in total. The van der Waals surface area contributed by atoms with E-state index in [1.54, 1.807) is 0 Å². The van der Waals surface area contributed by atoms with Gasteiger partial charge in [-0.2, -0.15) is 0 Å². The van der Waals surface area contributed by atoms with Crippen molar-refractivity contribution < 1.29 is 4.74 Å². The number of ether oxygens (including phenoxy) is 1. The Labute approximate surface area is 126 Å². The summed E-state index contributed by atoms with van der Waals surface area (Å²) in [6.45, 7) is 7.70. The third-order valence-electron chi connectivity index (χ3n) is 3.46. The van der Waals surface area contributed by atoms with E-state index in [1.807, 2.05) is 18.2 Å². The van der Waals surface area contributed by atoms with Crippen molar-refractivity contribution in [3.8, 4) is 0 Å². The van der Waals surface area contributed by atoms with Crippen LogP contribution in [0.4, 0.5) is 0 Å². The van der Waals surface area contributed by atoms with E-state index in [0.717, 1.165) is 44.5 Å². The van der Waals surface area contributed by atoms with Crippen LogP contribution in [0.1, 0.15) is 18.5 Å². The fourth-order valence-corrected chi connectivity index (χ4v) is 2.50. The van der Waals surface area contributed by atoms with Crippen molar-refractivity contribution >= 4 is 17.3 Å². The quantitative estimate of drug-likeness (QED) is 0.806. The van der Waals surface area contributed by atoms with Gasteiger partial charge in [-0.15, -0.1) is 0 Å². The largest absolute Gasteiger partial charge is 0.379 e. The molecule has 0 aromatic heterocycles. The lowest BCUT2D eigenvalue weighted by Gasteiger charge is -2.27. The normalized spacial score (nSPS) is 17.4. The summed E-state index contributed by atoms with van der Waals surface area (Å²) in [6, 6.07) is 10.5. The molecule has 4 nitrogen and oxygen atoms in total. The predicted octanol–water partition coefficient (Wildman–Crippen LogP) is 1.54. The summed E-state index contributed by atoms with van der Waals surface area (Å²) in [6.07, 6.45) is 0. The van der Waals surface area contributed by atoms with Gasteiger partial charge in [-0.3, -0.25) is 4.90 Å². The van der Waals surface area contributed by atoms with E-state index in [4.69, 9.17) is 17.0 Å². The molecule has 1 saturated heterocycles. The molecule has 0 amide bonds. The van der Waals surface area contributed by atoms with Crippen molar-refractivity contribution in [2.24, 2.45) is 0 Å². The van der Waals surface area contributed by atoms with Crippen molar-refractivity contribution in [2.75, 3.05) is 39.4 Å². The average molecular weight is 293 g/mol. The van der Waals surface area contributed by atoms with Crippen LogP contribution in [-0.4, -0.2) is 49.4 Å². The number of nitrogens with zero attached hydrogens (tertiary/aromatic N) is 1. The van der Waals surface area contributed by atoms with Gasteiger partial charge in [0.05, 0.1) is 19.3 Å². The van der Waals surface area contributed by atoms with E-state index in [-0.39, 0.29) is 6.04 Å². The first-order valence-electron chi connectivity index (χ1n) is 7.15. The van der Waals surface area contributed by atoms with Gasteiger partial charge in [-0.1, -0.05) is 30.3 Å². The van der Waals surface area contributed by atoms with Crippen molar-refractivity contribution in [1.29, 1.82) is 0 Å². The summed E-state index contributed by atoms with van der Waals surface area (Å²) in [5.41, 5.74) is 1.24. The van der Waals surface area contributed by atoms with Gasteiger partial charge in [0, 0.05) is 26.2 Å². The summed E-state index contributed by atoms with van der Waals surface area (Å²) >= 11 is 5.33. The van der Waals surface area contributed by atoms with Gasteiger partial charge in [0.1, 0.15) is 0 Å². The van der Waals surface area contributed by atoms with Gasteiger partial charge >= 0.3 is 0 Å². The highest BCUT2D eigenvalue weighted by molar-refractivity contribution is 7.80. The Morgan fingerprint density at radius 1 is 1.30 bits per heavy atom. The molecule has 5 heteroatoms. The van der Waals surface area contributed by atoms with Gasteiger partial charge in [0.2, 0.25) is 0 Å². The summed E-state index contributed by atoms with van der Waals surface area (Å²) < 4.78 is 5.33. The smallest absolute Gasteiger partial charge is 0.166 e. The van der Waals surface area contributed by atoms with Crippen LogP contribution >= 0.6 is 12.2 Å². The fourth-order valence-electron chi connectivity index (χ4n) is 2.23. The summed E-state index contributed by atoms with van der Waals surface area (Å²) in [7, 11) is 0. The number of morpholine rings is 1. The van der Waals surface area contributed by atoms with Gasteiger partial charge in [0.15, 0.2) is 5.11 Å². The monoisotopic (exact) mass is 293 g/mol. The zero-order valence-corrected chi connectivity index (χ0v) is 12.8. The minimum Gasteiger partial charge on any atom is -0.379 e. The zero-order chi connectivity index (χ0) is 14.2. The molecule has 1 fully saturated rings. The number of hydrogen-bond donors (Lipinski definition) is 2. The fraction of sp³-hybridized carbons (Fsp3) is 0.533. The van der Waals surface area contributed by atoms with E-state index < -0.39 is 0 Å². The SMILES string of the molecule is C[C@H](NC(=S)NCCN1CCOCC1)c1ccccc1. The number of hydrogen-bond acceptors (Lipinski definition) is 3. The third kappa shape index (κ3) is 5.07. The predicted molar refractivity (Wildman–Crippen MR) is 85.9 cm³/mol. The van der Waals surface area contributed by atoms with Crippen LogP contribution in [0.3, 0.4) is 0 Å². The Kier molecular flexibility index (Phi) is 6.24. The molecule has 1 aromatic rings. The van der Waals surface area contributed by atoms with Crippen molar-refractivity contribution in [3.05, 3.63) is 35.9 Å². The number of benzene rings is 1. The first-order valence-corrected chi connectivity index (χ1v) is 7.56. The maximum atomic E-state index is 5.33. The molecule has 0 aliphatic carbocycles. The minimum absolute atomic E-state index is 0.222. The van der Waals surface area contributed by atoms with E-state index in [2.05, 4.69) is 34.6 Å². The molecule has 20 heavy (non-hydrogen) atoms. The molecular weight excluding hydrogens is 270 g/mol. The van der Waals surface area contributed by atoms with Gasteiger partial charge in [-0.25, -0.2) is 0 Å². The Hall–Kier alpha value is -1.17. The topological polar surface area (TPSA) is 36.5 Å². The van der Waals surface area contributed by atoms with E-state index in [9.17, 15) is 0 Å². The standard InChI is InChI=1S/C15H23N3OS/c1-13(14-5-3-2-4-6-14)17-15(20)16-7-8-18-9-11-19-12-10-18/h2-6,13H,7-12H2,1H3,(H2,16,17,20)/t13-/m0/s1. The molecule has 0 spiro atoms. The van der Waals surface area contributed by atoms with E-state index in [0.29, 0.717) is 0 Å². The maximum Gasteiger partial charge on any atom is 0.166 e. The molecule has 1 heterocycles. The summed E-state index contributed by atoms with van der Waals surface area (Å²) in [5, 5.41) is 7.30. The van der Waals surface area contributed by atoms with Crippen molar-refractivity contribution in [3.63, 3.8) is 0 Å². The maximum absolute atomic E-state index is 5.33. The van der Waals surface area contributed by atoms with Crippen LogP contribution in [0, 0.1) is 0 Å². The summed E-state index contributed by atoms with van der Waals surface area (Å²) in [4.78, 5) is 2.39. The molecule has 0 bridgehead atoms. The zero-order valence-electron chi connectivity index (χ0n) is 12.0. The number of nitrogens with one attached hydrogen (secondary N) is 2. The second-order valence-corrected chi connectivity index (χ2v) is 5.39. The third-order valence-corrected chi connectivity index (χ3v) is 3.73. The van der Waals surface area contributed by atoms with E-state index in [1.165, 1.54) is 5.56 Å². The van der Waals surface area contributed by atoms with Gasteiger partial charge in [0.25, 0.3) is 0 Å². The molecule has 0 radical (unpaired) electrons. The lowest BCUT2D eigenvalue weighted by molar-refractivity contribution is 0.0389. The minimum atomic E-state index is 0.222. The average Bonchev–Trinajstić information content (AvgIpc) is 2.49. The van der Waals surface area contributed by atoms with Crippen molar-refractivity contribution in [2.45, 2.75) is 13.0 Å². The van der Waals surface area contributed by atoms with Crippen LogP contribution in [0.25, 0.3) is 0 Å². The Morgan fingerprint density at radius 2 is 2.00 bits per heavy atom. The van der Waals surface area contributed by atoms with Crippen LogP contribution in [-0.2, 0) is 4.74 Å². The lowest BCUT2D eigenvalue weighted by Crippen LogP contribution is -2.44. The molecule has 1 aromatic carbocycles. The molecule has 0 saturated carbocycles. The van der Waals surface area contributed by atoms with Gasteiger partial charge < -0.3 is 15.4 Å². The summed E-state index contributed by atoms with van der Waals surface area (Å²) in [5.74, 6) is 0. The molecule has 2 rings (SSSR count).